The van der Waals surface area contributed by atoms with Crippen LogP contribution in [0.25, 0.3) is 0 Å². The van der Waals surface area contributed by atoms with Gasteiger partial charge in [-0.1, -0.05) is 6.58 Å². The van der Waals surface area contributed by atoms with Crippen LogP contribution in [0.2, 0.25) is 0 Å². The van der Waals surface area contributed by atoms with Crippen LogP contribution in [0.4, 0.5) is 11.5 Å². The molecule has 0 saturated carbocycles. The number of aromatic nitrogens is 1. The molecule has 1 aromatic rings. The molecule has 0 radical (unpaired) electrons. The number of nitrogens with zero attached hydrogens (tertiary/aromatic N) is 3. The lowest BCUT2D eigenvalue weighted by Gasteiger charge is -2.29. The number of rotatable bonds is 2. The van der Waals surface area contributed by atoms with E-state index in [0.29, 0.717) is 35.1 Å². The molecule has 24 heavy (non-hydrogen) atoms. The van der Waals surface area contributed by atoms with Gasteiger partial charge in [0.2, 0.25) is 0 Å². The van der Waals surface area contributed by atoms with Crippen LogP contribution in [0.3, 0.4) is 0 Å². The monoisotopic (exact) mass is 335 g/mol. The third-order valence-electron chi connectivity index (χ3n) is 4.51. The van der Waals surface area contributed by atoms with Gasteiger partial charge in [-0.3, -0.25) is 4.99 Å². The van der Waals surface area contributed by atoms with E-state index in [1.165, 1.54) is 6.92 Å². The minimum Gasteiger partial charge on any atom is -0.394 e. The van der Waals surface area contributed by atoms with Gasteiger partial charge in [0.25, 0.3) is 0 Å². The first-order valence-electron chi connectivity index (χ1n) is 8.06. The van der Waals surface area contributed by atoms with E-state index in [1.807, 2.05) is 0 Å². The molecule has 128 valence electrons. The summed E-state index contributed by atoms with van der Waals surface area (Å²) in [5, 5.41) is 36.3. The maximum Gasteiger partial charge on any atom is 0.167 e. The number of anilines is 2. The highest BCUT2D eigenvalue weighted by atomic mass is 16.6. The van der Waals surface area contributed by atoms with Crippen LogP contribution >= 0.6 is 0 Å². The molecule has 9 heteroatoms. The number of ether oxygens (including phenoxy) is 1. The van der Waals surface area contributed by atoms with Crippen molar-refractivity contribution < 1.29 is 21.4 Å². The van der Waals surface area contributed by atoms with Crippen molar-refractivity contribution in [3.63, 3.8) is 0 Å². The predicted octanol–water partition coefficient (Wildman–Crippen LogP) is -0.371. The van der Waals surface area contributed by atoms with Crippen LogP contribution in [-0.2, 0) is 4.74 Å². The molecule has 0 spiro atoms. The molecule has 4 rings (SSSR count). The Kier molecular flexibility index (Phi) is 3.04. The average Bonchev–Trinajstić information content (AvgIpc) is 2.94. The first kappa shape index (κ1) is 14.2. The van der Waals surface area contributed by atoms with Crippen LogP contribution in [0.5, 0.6) is 0 Å². The first-order chi connectivity index (χ1) is 11.8. The van der Waals surface area contributed by atoms with Crippen LogP contribution in [0, 0.1) is 0 Å². The summed E-state index contributed by atoms with van der Waals surface area (Å²) < 4.78 is 15.1. The highest BCUT2D eigenvalue weighted by Crippen LogP contribution is 2.43. The number of nitrogens with one attached hydrogen (secondary N) is 2. The second kappa shape index (κ2) is 5.15. The predicted molar refractivity (Wildman–Crippen MR) is 88.3 cm³/mol. The molecule has 0 aliphatic carbocycles. The van der Waals surface area contributed by atoms with E-state index in [1.54, 1.807) is 10.8 Å². The largest absolute Gasteiger partial charge is 0.394 e. The van der Waals surface area contributed by atoms with Crippen LogP contribution in [0.1, 0.15) is 20.1 Å². The van der Waals surface area contributed by atoms with E-state index in [0.717, 1.165) is 0 Å². The minimum atomic E-state index is -1.64. The molecule has 0 unspecified atom stereocenters. The second-order valence-electron chi connectivity index (χ2n) is 6.27. The molecular weight excluding hydrogens is 314 g/mol. The third-order valence-corrected chi connectivity index (χ3v) is 4.51. The van der Waals surface area contributed by atoms with Gasteiger partial charge in [0.05, 0.1) is 30.7 Å². The Labute approximate surface area is 139 Å². The van der Waals surface area contributed by atoms with Crippen LogP contribution in [-0.4, -0.2) is 63.0 Å². The van der Waals surface area contributed by atoms with Crippen molar-refractivity contribution in [3.05, 3.63) is 24.0 Å². The first-order valence-corrected chi connectivity index (χ1v) is 7.56. The van der Waals surface area contributed by atoms with Crippen molar-refractivity contribution in [1.29, 1.82) is 0 Å². The van der Waals surface area contributed by atoms with E-state index in [-0.39, 0.29) is 6.31 Å². The van der Waals surface area contributed by atoms with E-state index >= 15 is 0 Å². The number of aliphatic hydroxyl groups is 3. The molecular formula is C15H19N5O4. The van der Waals surface area contributed by atoms with Crippen molar-refractivity contribution in [2.75, 3.05) is 23.8 Å². The molecule has 0 bridgehead atoms. The molecule has 5 N–H and O–H groups in total. The lowest BCUT2D eigenvalue weighted by Crippen LogP contribution is -2.44. The highest BCUT2D eigenvalue weighted by Gasteiger charge is 2.53. The standard InChI is InChI=1S/C15H19N5O4/c1-7-3-16-12-10-8(19-7)4-20(13(10)18-6-17-12)14-15(2,23)11(22)9(5-21)24-14/h4,6,9,11,14,19,21-23H,1,3,5H2,2H3,(H,16,17,18)/t9-,11-,14-,15+/m1/s1/i6T. The molecule has 4 atom stereocenters. The Bertz CT molecular complexity index is 815. The Hall–Kier alpha value is -2.20. The fraction of sp³-hybridized carbons (Fsp3) is 0.467. The third kappa shape index (κ3) is 2.02. The number of aliphatic imine (C=N–C) groups is 2. The molecule has 3 aliphatic rings. The zero-order chi connectivity index (χ0) is 17.9. The van der Waals surface area contributed by atoms with Gasteiger partial charge in [-0.25, -0.2) is 4.99 Å². The average molecular weight is 335 g/mol. The summed E-state index contributed by atoms with van der Waals surface area (Å²) in [5.74, 6) is 0.850. The zero-order valence-electron chi connectivity index (χ0n) is 14.0. The maximum absolute atomic E-state index is 10.7. The smallest absolute Gasteiger partial charge is 0.167 e. The van der Waals surface area contributed by atoms with Gasteiger partial charge < -0.3 is 35.3 Å². The number of hydrogen-bond acceptors (Lipinski definition) is 8. The molecule has 0 amide bonds. The minimum absolute atomic E-state index is 0.0958. The summed E-state index contributed by atoms with van der Waals surface area (Å²) in [6, 6.07) is 0. The highest BCUT2D eigenvalue weighted by molar-refractivity contribution is 6.16. The summed E-state index contributed by atoms with van der Waals surface area (Å²) in [7, 11) is 0. The van der Waals surface area contributed by atoms with E-state index in [4.69, 9.17) is 6.11 Å². The SMILES string of the molecule is [3H]C1=NC2=NCC(=C)Nc3cn([C@@H]4O[C@H](CO)[C@@H](O)[C@]4(C)O)c(c32)N1. The molecule has 9 nitrogen and oxygen atoms in total. The van der Waals surface area contributed by atoms with Crippen LogP contribution < -0.4 is 10.6 Å². The van der Waals surface area contributed by atoms with Crippen molar-refractivity contribution >= 4 is 23.7 Å². The number of hydrogen-bond donors (Lipinski definition) is 5. The lowest BCUT2D eigenvalue weighted by atomic mass is 9.96. The second-order valence-corrected chi connectivity index (χ2v) is 6.27. The van der Waals surface area contributed by atoms with Gasteiger partial charge in [-0.2, -0.15) is 0 Å². The summed E-state index contributed by atoms with van der Waals surface area (Å²) in [6.07, 6.45) is -1.57. The fourth-order valence-electron chi connectivity index (χ4n) is 3.25. The molecule has 3 aliphatic heterocycles. The number of amidine groups is 2. The topological polar surface area (TPSA) is 124 Å². The Morgan fingerprint density at radius 3 is 3.12 bits per heavy atom. The van der Waals surface area contributed by atoms with Gasteiger partial charge in [0, 0.05) is 11.9 Å². The Morgan fingerprint density at radius 1 is 1.62 bits per heavy atom. The van der Waals surface area contributed by atoms with Crippen molar-refractivity contribution in [1.82, 2.24) is 4.57 Å². The maximum atomic E-state index is 10.7. The van der Waals surface area contributed by atoms with Crippen molar-refractivity contribution in [2.24, 2.45) is 9.98 Å². The fourth-order valence-corrected chi connectivity index (χ4v) is 3.25. The Morgan fingerprint density at radius 2 is 2.42 bits per heavy atom. The molecule has 1 saturated heterocycles. The van der Waals surface area contributed by atoms with Gasteiger partial charge in [0.15, 0.2) is 12.1 Å². The summed E-state index contributed by atoms with van der Waals surface area (Å²) >= 11 is 0. The quantitative estimate of drug-likeness (QED) is 0.502. The van der Waals surface area contributed by atoms with Crippen molar-refractivity contribution in [3.8, 4) is 0 Å². The van der Waals surface area contributed by atoms with Crippen molar-refractivity contribution in [2.45, 2.75) is 31.0 Å². The van der Waals surface area contributed by atoms with Gasteiger partial charge in [0.1, 0.15) is 25.0 Å². The summed E-state index contributed by atoms with van der Waals surface area (Å²) in [4.78, 5) is 8.46. The lowest BCUT2D eigenvalue weighted by molar-refractivity contribution is -0.0954. The Balaban J connectivity index is 1.86. The molecule has 1 aromatic heterocycles. The van der Waals surface area contributed by atoms with Crippen LogP contribution in [0.15, 0.2) is 28.5 Å². The van der Waals surface area contributed by atoms with Gasteiger partial charge >= 0.3 is 0 Å². The van der Waals surface area contributed by atoms with E-state index in [2.05, 4.69) is 27.2 Å². The molecule has 4 heterocycles. The summed E-state index contributed by atoms with van der Waals surface area (Å²) in [6.45, 7) is 5.24. The molecule has 1 fully saturated rings. The number of aliphatic hydroxyl groups excluding tert-OH is 2. The van der Waals surface area contributed by atoms with Gasteiger partial charge in [-0.05, 0) is 6.92 Å². The van der Waals surface area contributed by atoms with E-state index < -0.39 is 30.6 Å². The van der Waals surface area contributed by atoms with Gasteiger partial charge in [-0.15, -0.1) is 0 Å². The normalized spacial score (nSPS) is 35.2. The zero-order valence-corrected chi connectivity index (χ0v) is 13.0. The summed E-state index contributed by atoms with van der Waals surface area (Å²) in [5.41, 5.74) is 0.308. The van der Waals surface area contributed by atoms with E-state index in [9.17, 15) is 15.3 Å². The molecule has 0 aromatic carbocycles.